The normalized spacial score (nSPS) is 14.5. The molecule has 29 heavy (non-hydrogen) atoms. The molecule has 0 bridgehead atoms. The van der Waals surface area contributed by atoms with Gasteiger partial charge in [0.05, 0.1) is 6.04 Å². The van der Waals surface area contributed by atoms with Crippen molar-refractivity contribution in [1.29, 1.82) is 0 Å². The van der Waals surface area contributed by atoms with E-state index in [1.807, 2.05) is 20.8 Å². The first-order valence-corrected chi connectivity index (χ1v) is 9.50. The zero-order chi connectivity index (χ0) is 23.4. The van der Waals surface area contributed by atoms with Crippen LogP contribution in [0.15, 0.2) is 0 Å². The van der Waals surface area contributed by atoms with E-state index in [1.165, 1.54) is 0 Å². The third kappa shape index (κ3) is 14.7. The Morgan fingerprint density at radius 2 is 1.52 bits per heavy atom. The second-order valence-corrected chi connectivity index (χ2v) is 7.45. The first-order valence-electron chi connectivity index (χ1n) is 9.50. The van der Waals surface area contributed by atoms with Gasteiger partial charge < -0.3 is 26.8 Å². The number of carbonyl (C=O) groups excluding carboxylic acids is 2. The second-order valence-electron chi connectivity index (χ2n) is 7.45. The molecule has 0 spiro atoms. The molecule has 0 rings (SSSR count). The Labute approximate surface area is 170 Å². The molecule has 0 radical (unpaired) electrons. The van der Waals surface area contributed by atoms with Crippen molar-refractivity contribution >= 4 is 17.8 Å². The number of hydrogen-bond donors (Lipinski definition) is 5. The molecule has 2 amide bonds. The maximum Gasteiger partial charge on any atom is 0.490 e. The monoisotopic (exact) mass is 428 g/mol. The van der Waals surface area contributed by atoms with E-state index in [0.29, 0.717) is 19.0 Å². The third-order valence-electron chi connectivity index (χ3n) is 3.69. The smallest absolute Gasteiger partial charge is 0.475 e. The van der Waals surface area contributed by atoms with E-state index < -0.39 is 18.2 Å². The fraction of sp³-hybridized carbons (Fsp3) is 0.833. The molecule has 0 aromatic heterocycles. The number of rotatable bonds is 10. The predicted octanol–water partition coefficient (Wildman–Crippen LogP) is 1.25. The highest BCUT2D eigenvalue weighted by atomic mass is 19.4. The third-order valence-corrected chi connectivity index (χ3v) is 3.69. The molecule has 0 heterocycles. The zero-order valence-electron chi connectivity index (χ0n) is 17.9. The lowest BCUT2D eigenvalue weighted by Gasteiger charge is -2.24. The molecule has 0 unspecified atom stereocenters. The average molecular weight is 428 g/mol. The number of nitrogens with one attached hydrogen (secondary N) is 3. The highest BCUT2D eigenvalue weighted by Gasteiger charge is 2.38. The minimum Gasteiger partial charge on any atom is -0.475 e. The van der Waals surface area contributed by atoms with Gasteiger partial charge in [0.15, 0.2) is 0 Å². The summed E-state index contributed by atoms with van der Waals surface area (Å²) in [6, 6.07) is -0.866. The molecule has 0 fully saturated rings. The van der Waals surface area contributed by atoms with Gasteiger partial charge in [0.2, 0.25) is 11.8 Å². The molecule has 0 aromatic carbocycles. The minimum atomic E-state index is -5.08. The van der Waals surface area contributed by atoms with Crippen LogP contribution < -0.4 is 21.7 Å². The number of nitrogens with two attached hydrogens (primary N) is 1. The van der Waals surface area contributed by atoms with Crippen molar-refractivity contribution in [1.82, 2.24) is 16.0 Å². The number of alkyl halides is 3. The van der Waals surface area contributed by atoms with Gasteiger partial charge in [0, 0.05) is 19.1 Å². The number of amides is 2. The van der Waals surface area contributed by atoms with Crippen LogP contribution in [0.25, 0.3) is 0 Å². The summed E-state index contributed by atoms with van der Waals surface area (Å²) in [5, 5.41) is 15.8. The van der Waals surface area contributed by atoms with Gasteiger partial charge in [0.25, 0.3) is 0 Å². The van der Waals surface area contributed by atoms with Crippen LogP contribution in [-0.2, 0) is 14.4 Å². The fourth-order valence-corrected chi connectivity index (χ4v) is 2.21. The summed E-state index contributed by atoms with van der Waals surface area (Å²) in [6.45, 7) is 12.8. The van der Waals surface area contributed by atoms with E-state index in [0.717, 1.165) is 6.42 Å². The number of carboxylic acids is 1. The number of likely N-dealkylation sites (N-methyl/N-ethyl adjacent to an activating group) is 1. The number of hydrogen-bond acceptors (Lipinski definition) is 5. The van der Waals surface area contributed by atoms with E-state index in [1.54, 1.807) is 6.92 Å². The number of aliphatic carboxylic acids is 1. The number of halogens is 3. The molecule has 0 aliphatic carbocycles. The average Bonchev–Trinajstić information content (AvgIpc) is 2.56. The quantitative estimate of drug-likeness (QED) is 0.356. The van der Waals surface area contributed by atoms with E-state index in [-0.39, 0.29) is 29.8 Å². The molecular formula is C18H35F3N4O4. The largest absolute Gasteiger partial charge is 0.490 e. The molecular weight excluding hydrogens is 393 g/mol. The van der Waals surface area contributed by atoms with E-state index in [9.17, 15) is 22.8 Å². The van der Waals surface area contributed by atoms with Crippen molar-refractivity contribution in [2.75, 3.05) is 13.1 Å². The highest BCUT2D eigenvalue weighted by molar-refractivity contribution is 5.89. The van der Waals surface area contributed by atoms with Crippen molar-refractivity contribution < 1.29 is 32.7 Å². The van der Waals surface area contributed by atoms with Crippen LogP contribution in [0.5, 0.6) is 0 Å². The van der Waals surface area contributed by atoms with Gasteiger partial charge in [-0.3, -0.25) is 9.59 Å². The van der Waals surface area contributed by atoms with Crippen LogP contribution in [0.1, 0.15) is 48.0 Å². The van der Waals surface area contributed by atoms with E-state index in [4.69, 9.17) is 15.6 Å². The molecule has 0 saturated heterocycles. The van der Waals surface area contributed by atoms with Gasteiger partial charge in [-0.1, -0.05) is 27.7 Å². The Hall–Kier alpha value is -1.88. The molecule has 3 atom stereocenters. The summed E-state index contributed by atoms with van der Waals surface area (Å²) in [7, 11) is 0. The Morgan fingerprint density at radius 1 is 1.03 bits per heavy atom. The van der Waals surface area contributed by atoms with Crippen LogP contribution >= 0.6 is 0 Å². The minimum absolute atomic E-state index is 0.0273. The zero-order valence-corrected chi connectivity index (χ0v) is 17.9. The Balaban J connectivity index is 0. The molecule has 6 N–H and O–H groups in total. The SMILES string of the molecule is CCNC(=O)[C@@H](NC(=O)[C@H](C)NC[C@@H](N)CC(C)C)C(C)C.O=C(O)C(F)(F)F. The number of carboxylic acid groups (broad SMARTS) is 1. The molecule has 0 saturated carbocycles. The van der Waals surface area contributed by atoms with E-state index in [2.05, 4.69) is 29.8 Å². The lowest BCUT2D eigenvalue weighted by Crippen LogP contribution is -2.54. The second kappa shape index (κ2) is 14.2. The van der Waals surface area contributed by atoms with Gasteiger partial charge in [-0.2, -0.15) is 13.2 Å². The maximum atomic E-state index is 12.2. The van der Waals surface area contributed by atoms with Gasteiger partial charge in [-0.05, 0) is 32.1 Å². The van der Waals surface area contributed by atoms with Crippen LogP contribution in [-0.4, -0.2) is 60.3 Å². The van der Waals surface area contributed by atoms with Gasteiger partial charge in [0.1, 0.15) is 6.04 Å². The Morgan fingerprint density at radius 3 is 1.86 bits per heavy atom. The summed E-state index contributed by atoms with van der Waals surface area (Å²) in [4.78, 5) is 33.1. The lowest BCUT2D eigenvalue weighted by molar-refractivity contribution is -0.192. The standard InChI is InChI=1S/C16H34N4O2.C2HF3O2/c1-7-18-16(22)14(11(4)5)20-15(21)12(6)19-9-13(17)8-10(2)3;3-2(4,5)1(6)7/h10-14,19H,7-9,17H2,1-6H3,(H,18,22)(H,20,21);(H,6,7)/t12-,13-,14-;/m0./s1. The summed E-state index contributed by atoms with van der Waals surface area (Å²) in [6.07, 6.45) is -4.17. The predicted molar refractivity (Wildman–Crippen MR) is 104 cm³/mol. The first-order chi connectivity index (χ1) is 13.1. The topological polar surface area (TPSA) is 134 Å². The Bertz CT molecular complexity index is 514. The van der Waals surface area contributed by atoms with Gasteiger partial charge in [-0.25, -0.2) is 4.79 Å². The fourth-order valence-electron chi connectivity index (χ4n) is 2.21. The van der Waals surface area contributed by atoms with Crippen LogP contribution in [0.2, 0.25) is 0 Å². The van der Waals surface area contributed by atoms with E-state index >= 15 is 0 Å². The molecule has 0 aliphatic heterocycles. The van der Waals surface area contributed by atoms with Crippen molar-refractivity contribution in [2.24, 2.45) is 17.6 Å². The van der Waals surface area contributed by atoms with Gasteiger partial charge >= 0.3 is 12.1 Å². The molecule has 11 heteroatoms. The van der Waals surface area contributed by atoms with Gasteiger partial charge in [-0.15, -0.1) is 0 Å². The highest BCUT2D eigenvalue weighted by Crippen LogP contribution is 2.13. The number of carbonyl (C=O) groups is 3. The first kappa shape index (κ1) is 29.3. The summed E-state index contributed by atoms with van der Waals surface area (Å²) in [5.41, 5.74) is 6.00. The van der Waals surface area contributed by atoms with Crippen molar-refractivity contribution in [3.05, 3.63) is 0 Å². The van der Waals surface area contributed by atoms with Crippen LogP contribution in [0.3, 0.4) is 0 Å². The lowest BCUT2D eigenvalue weighted by atomic mass is 10.0. The Kier molecular flexibility index (Phi) is 14.3. The van der Waals surface area contributed by atoms with Crippen LogP contribution in [0.4, 0.5) is 13.2 Å². The molecule has 0 aromatic rings. The molecule has 0 aliphatic rings. The summed E-state index contributed by atoms with van der Waals surface area (Å²) < 4.78 is 31.7. The summed E-state index contributed by atoms with van der Waals surface area (Å²) >= 11 is 0. The summed E-state index contributed by atoms with van der Waals surface area (Å²) in [5.74, 6) is -2.52. The van der Waals surface area contributed by atoms with Crippen LogP contribution in [0, 0.1) is 11.8 Å². The molecule has 172 valence electrons. The van der Waals surface area contributed by atoms with Crippen molar-refractivity contribution in [3.63, 3.8) is 0 Å². The van der Waals surface area contributed by atoms with Crippen molar-refractivity contribution in [2.45, 2.75) is 72.3 Å². The molecule has 8 nitrogen and oxygen atoms in total. The van der Waals surface area contributed by atoms with Crippen molar-refractivity contribution in [3.8, 4) is 0 Å². The maximum absolute atomic E-state index is 12.2.